The molecule has 86 valence electrons. The fourth-order valence-corrected chi connectivity index (χ4v) is 3.03. The summed E-state index contributed by atoms with van der Waals surface area (Å²) in [6.07, 6.45) is 2.53. The van der Waals surface area contributed by atoms with E-state index in [1.165, 1.54) is 28.0 Å². The Morgan fingerprint density at radius 2 is 2.20 bits per heavy atom. The number of nitrogens with one attached hydrogen (secondary N) is 1. The quantitative estimate of drug-likeness (QED) is 0.777. The van der Waals surface area contributed by atoms with Gasteiger partial charge in [0.2, 0.25) is 0 Å². The van der Waals surface area contributed by atoms with Crippen molar-refractivity contribution in [2.45, 2.75) is 19.4 Å². The summed E-state index contributed by atoms with van der Waals surface area (Å²) in [5, 5.41) is 3.17. The number of thiophene rings is 1. The number of unbranched alkanes of at least 4 members (excludes halogenated alkanes) is 1. The maximum Gasteiger partial charge on any atom is 0.0701 e. The van der Waals surface area contributed by atoms with Crippen molar-refractivity contribution in [1.82, 2.24) is 10.2 Å². The molecule has 0 saturated carbocycles. The minimum Gasteiger partial charge on any atom is -0.320 e. The van der Waals surface area contributed by atoms with Crippen LogP contribution in [0.4, 0.5) is 0 Å². The Morgan fingerprint density at radius 3 is 2.80 bits per heavy atom. The van der Waals surface area contributed by atoms with Crippen molar-refractivity contribution in [2.24, 2.45) is 0 Å². The van der Waals surface area contributed by atoms with E-state index in [0.717, 1.165) is 13.1 Å². The van der Waals surface area contributed by atoms with Crippen LogP contribution in [0, 0.1) is 0 Å². The molecule has 1 rings (SSSR count). The van der Waals surface area contributed by atoms with Crippen LogP contribution in [0.5, 0.6) is 0 Å². The summed E-state index contributed by atoms with van der Waals surface area (Å²) in [6, 6.07) is 4.31. The van der Waals surface area contributed by atoms with Crippen LogP contribution in [0.15, 0.2) is 15.9 Å². The molecule has 0 aliphatic heterocycles. The molecule has 0 bridgehead atoms. The maximum atomic E-state index is 3.49. The van der Waals surface area contributed by atoms with Gasteiger partial charge in [-0.1, -0.05) is 0 Å². The van der Waals surface area contributed by atoms with Gasteiger partial charge in [0, 0.05) is 11.4 Å². The summed E-state index contributed by atoms with van der Waals surface area (Å²) in [5.74, 6) is 0. The van der Waals surface area contributed by atoms with E-state index in [1.54, 1.807) is 0 Å². The van der Waals surface area contributed by atoms with Crippen LogP contribution in [0.25, 0.3) is 0 Å². The molecule has 0 radical (unpaired) electrons. The Kier molecular flexibility index (Phi) is 6.48. The van der Waals surface area contributed by atoms with E-state index in [2.05, 4.69) is 45.3 Å². The van der Waals surface area contributed by atoms with E-state index in [-0.39, 0.29) is 0 Å². The highest BCUT2D eigenvalue weighted by molar-refractivity contribution is 9.11. The van der Waals surface area contributed by atoms with E-state index in [4.69, 9.17) is 0 Å². The molecule has 0 aliphatic carbocycles. The van der Waals surface area contributed by atoms with Crippen LogP contribution < -0.4 is 5.32 Å². The Bertz CT molecular complexity index is 275. The van der Waals surface area contributed by atoms with Gasteiger partial charge in [0.25, 0.3) is 0 Å². The number of halogens is 1. The van der Waals surface area contributed by atoms with Crippen LogP contribution in [-0.4, -0.2) is 32.1 Å². The zero-order valence-corrected chi connectivity index (χ0v) is 11.8. The van der Waals surface area contributed by atoms with Gasteiger partial charge in [-0.2, -0.15) is 0 Å². The molecule has 1 aromatic heterocycles. The monoisotopic (exact) mass is 290 g/mol. The molecular formula is C11H19BrN2S. The number of nitrogens with zero attached hydrogens (tertiary/aromatic N) is 1. The van der Waals surface area contributed by atoms with Crippen LogP contribution in [0.3, 0.4) is 0 Å². The molecule has 0 unspecified atom stereocenters. The second kappa shape index (κ2) is 7.39. The molecule has 0 aliphatic rings. The van der Waals surface area contributed by atoms with Crippen molar-refractivity contribution in [1.29, 1.82) is 0 Å². The smallest absolute Gasteiger partial charge is 0.0701 e. The van der Waals surface area contributed by atoms with Crippen molar-refractivity contribution >= 4 is 27.3 Å². The summed E-state index contributed by atoms with van der Waals surface area (Å²) in [4.78, 5) is 3.81. The highest BCUT2D eigenvalue weighted by Crippen LogP contribution is 2.22. The molecule has 4 heteroatoms. The topological polar surface area (TPSA) is 15.3 Å². The van der Waals surface area contributed by atoms with Crippen molar-refractivity contribution in [3.63, 3.8) is 0 Å². The van der Waals surface area contributed by atoms with Gasteiger partial charge in [0.15, 0.2) is 0 Å². The normalized spacial score (nSPS) is 11.2. The molecule has 0 amide bonds. The van der Waals surface area contributed by atoms with Gasteiger partial charge in [-0.3, -0.25) is 0 Å². The third-order valence-electron chi connectivity index (χ3n) is 2.27. The lowest BCUT2D eigenvalue weighted by molar-refractivity contribution is 0.321. The zero-order chi connectivity index (χ0) is 11.1. The van der Waals surface area contributed by atoms with Crippen LogP contribution in [0.1, 0.15) is 17.7 Å². The highest BCUT2D eigenvalue weighted by atomic mass is 79.9. The van der Waals surface area contributed by atoms with Gasteiger partial charge >= 0.3 is 0 Å². The van der Waals surface area contributed by atoms with Gasteiger partial charge in [0.05, 0.1) is 3.79 Å². The first-order valence-corrected chi connectivity index (χ1v) is 6.90. The number of hydrogen-bond donors (Lipinski definition) is 1. The third kappa shape index (κ3) is 5.66. The molecule has 0 spiro atoms. The number of hydrogen-bond acceptors (Lipinski definition) is 3. The van der Waals surface area contributed by atoms with Crippen molar-refractivity contribution in [2.75, 3.05) is 27.2 Å². The SMILES string of the molecule is CNCCCCN(C)Cc1ccc(Br)s1. The highest BCUT2D eigenvalue weighted by Gasteiger charge is 2.02. The van der Waals surface area contributed by atoms with E-state index in [9.17, 15) is 0 Å². The fraction of sp³-hybridized carbons (Fsp3) is 0.636. The Balaban J connectivity index is 2.15. The summed E-state index contributed by atoms with van der Waals surface area (Å²) >= 11 is 5.31. The molecule has 0 fully saturated rings. The van der Waals surface area contributed by atoms with Crippen LogP contribution >= 0.6 is 27.3 Å². The van der Waals surface area contributed by atoms with Gasteiger partial charge in [0.1, 0.15) is 0 Å². The molecule has 0 atom stereocenters. The summed E-state index contributed by atoms with van der Waals surface area (Å²) in [7, 11) is 4.19. The molecule has 15 heavy (non-hydrogen) atoms. The minimum absolute atomic E-state index is 1.07. The molecule has 2 nitrogen and oxygen atoms in total. The molecule has 1 N–H and O–H groups in total. The Hall–Kier alpha value is 0.1000. The van der Waals surface area contributed by atoms with Crippen molar-refractivity contribution < 1.29 is 0 Å². The number of rotatable bonds is 7. The van der Waals surface area contributed by atoms with Gasteiger partial charge in [-0.15, -0.1) is 11.3 Å². The summed E-state index contributed by atoms with van der Waals surface area (Å²) in [5.41, 5.74) is 0. The second-order valence-corrected chi connectivity index (χ2v) is 6.30. The van der Waals surface area contributed by atoms with Crippen LogP contribution in [-0.2, 0) is 6.54 Å². The molecule has 0 aromatic carbocycles. The van der Waals surface area contributed by atoms with Crippen LogP contribution in [0.2, 0.25) is 0 Å². The van der Waals surface area contributed by atoms with E-state index in [1.807, 2.05) is 18.4 Å². The van der Waals surface area contributed by atoms with E-state index >= 15 is 0 Å². The van der Waals surface area contributed by atoms with Gasteiger partial charge < -0.3 is 10.2 Å². The predicted octanol–water partition coefficient (Wildman–Crippen LogP) is 2.94. The fourth-order valence-electron chi connectivity index (χ4n) is 1.47. The summed E-state index contributed by atoms with van der Waals surface area (Å²) in [6.45, 7) is 3.37. The molecule has 0 saturated heterocycles. The standard InChI is InChI=1S/C11H19BrN2S/c1-13-7-3-4-8-14(2)9-10-5-6-11(12)15-10/h5-6,13H,3-4,7-9H2,1-2H3. The zero-order valence-electron chi connectivity index (χ0n) is 9.42. The average Bonchev–Trinajstić information content (AvgIpc) is 2.59. The van der Waals surface area contributed by atoms with Gasteiger partial charge in [-0.25, -0.2) is 0 Å². The third-order valence-corrected chi connectivity index (χ3v) is 3.88. The Morgan fingerprint density at radius 1 is 1.40 bits per heavy atom. The first-order chi connectivity index (χ1) is 7.22. The summed E-state index contributed by atoms with van der Waals surface area (Å²) < 4.78 is 1.22. The van der Waals surface area contributed by atoms with E-state index in [0.29, 0.717) is 0 Å². The lowest BCUT2D eigenvalue weighted by Crippen LogP contribution is -2.19. The lowest BCUT2D eigenvalue weighted by atomic mass is 10.3. The van der Waals surface area contributed by atoms with Crippen molar-refractivity contribution in [3.8, 4) is 0 Å². The molecule has 1 aromatic rings. The van der Waals surface area contributed by atoms with Gasteiger partial charge in [-0.05, 0) is 68.1 Å². The van der Waals surface area contributed by atoms with Crippen molar-refractivity contribution in [3.05, 3.63) is 20.8 Å². The molecule has 1 heterocycles. The minimum atomic E-state index is 1.07. The first kappa shape index (κ1) is 13.2. The first-order valence-electron chi connectivity index (χ1n) is 5.29. The molecular weight excluding hydrogens is 272 g/mol. The Labute approximate surface area is 105 Å². The second-order valence-electron chi connectivity index (χ2n) is 3.75. The average molecular weight is 291 g/mol. The predicted molar refractivity (Wildman–Crippen MR) is 71.5 cm³/mol. The maximum absolute atomic E-state index is 3.49. The lowest BCUT2D eigenvalue weighted by Gasteiger charge is -2.15. The van der Waals surface area contributed by atoms with E-state index < -0.39 is 0 Å². The largest absolute Gasteiger partial charge is 0.320 e.